The van der Waals surface area contributed by atoms with E-state index in [1.807, 2.05) is 30.3 Å². The van der Waals surface area contributed by atoms with E-state index in [1.54, 1.807) is 36.1 Å². The molecule has 124 valence electrons. The maximum absolute atomic E-state index is 12.9. The van der Waals surface area contributed by atoms with E-state index in [4.69, 9.17) is 16.3 Å². The van der Waals surface area contributed by atoms with E-state index in [0.717, 1.165) is 11.3 Å². The van der Waals surface area contributed by atoms with E-state index in [1.165, 1.54) is 0 Å². The van der Waals surface area contributed by atoms with Crippen LogP contribution in [-0.2, 0) is 14.3 Å². The summed E-state index contributed by atoms with van der Waals surface area (Å²) in [5.74, 6) is -1.74. The second-order valence-electron chi connectivity index (χ2n) is 5.67. The molecule has 0 N–H and O–H groups in total. The zero-order valence-electron chi connectivity index (χ0n) is 13.3. The summed E-state index contributed by atoms with van der Waals surface area (Å²) in [5, 5.41) is 0.604. The molecular formula is C19H18ClNO3. The van der Waals surface area contributed by atoms with Crippen LogP contribution in [0.4, 0.5) is 5.69 Å². The lowest BCUT2D eigenvalue weighted by Crippen LogP contribution is -2.31. The van der Waals surface area contributed by atoms with Crippen molar-refractivity contribution in [3.8, 4) is 0 Å². The predicted molar refractivity (Wildman–Crippen MR) is 93.1 cm³/mol. The molecule has 1 amide bonds. The third kappa shape index (κ3) is 3.15. The van der Waals surface area contributed by atoms with E-state index in [-0.39, 0.29) is 18.4 Å². The first-order valence-corrected chi connectivity index (χ1v) is 8.28. The monoisotopic (exact) mass is 343 g/mol. The van der Waals surface area contributed by atoms with Crippen LogP contribution in [0.1, 0.15) is 18.4 Å². The van der Waals surface area contributed by atoms with Gasteiger partial charge in [0.2, 0.25) is 5.91 Å². The number of hydrogen-bond acceptors (Lipinski definition) is 3. The van der Waals surface area contributed by atoms with Gasteiger partial charge in [-0.15, -0.1) is 0 Å². The minimum atomic E-state index is -0.817. The number of rotatable bonds is 4. The molecule has 1 saturated heterocycles. The topological polar surface area (TPSA) is 46.6 Å². The predicted octanol–water partition coefficient (Wildman–Crippen LogP) is 3.65. The van der Waals surface area contributed by atoms with Gasteiger partial charge in [-0.1, -0.05) is 41.9 Å². The minimum absolute atomic E-state index is 0.228. The van der Waals surface area contributed by atoms with Gasteiger partial charge >= 0.3 is 5.97 Å². The van der Waals surface area contributed by atoms with Gasteiger partial charge in [0.15, 0.2) is 0 Å². The highest BCUT2D eigenvalue weighted by atomic mass is 35.5. The zero-order chi connectivity index (χ0) is 17.1. The summed E-state index contributed by atoms with van der Waals surface area (Å²) in [6, 6.07) is 16.7. The van der Waals surface area contributed by atoms with Crippen molar-refractivity contribution < 1.29 is 14.3 Å². The maximum Gasteiger partial charge on any atom is 0.319 e. The van der Waals surface area contributed by atoms with Gasteiger partial charge in [0, 0.05) is 23.2 Å². The molecule has 3 rings (SSSR count). The van der Waals surface area contributed by atoms with Gasteiger partial charge in [0.1, 0.15) is 5.92 Å². The summed E-state index contributed by atoms with van der Waals surface area (Å²) in [5.41, 5.74) is 1.69. The SMILES string of the molecule is CCOC(=O)[C@H]1C(=O)N(c2ccc(Cl)cc2)C[C@@H]1c1ccccc1. The Morgan fingerprint density at radius 1 is 1.17 bits per heavy atom. The minimum Gasteiger partial charge on any atom is -0.465 e. The van der Waals surface area contributed by atoms with Gasteiger partial charge in [-0.05, 0) is 36.8 Å². The number of hydrogen-bond donors (Lipinski definition) is 0. The standard InChI is InChI=1S/C19H18ClNO3/c1-2-24-19(23)17-16(13-6-4-3-5-7-13)12-21(18(17)22)15-10-8-14(20)9-11-15/h3-11,16-17H,2,12H2,1H3/t16-,17-/m1/s1. The van der Waals surface area contributed by atoms with Crippen LogP contribution < -0.4 is 4.90 Å². The summed E-state index contributed by atoms with van der Waals surface area (Å²) in [7, 11) is 0. The molecule has 0 spiro atoms. The number of carbonyl (C=O) groups excluding carboxylic acids is 2. The van der Waals surface area contributed by atoms with Gasteiger partial charge in [-0.3, -0.25) is 9.59 Å². The molecule has 1 fully saturated rings. The number of nitrogens with zero attached hydrogens (tertiary/aromatic N) is 1. The van der Waals surface area contributed by atoms with Crippen LogP contribution in [0.3, 0.4) is 0 Å². The third-order valence-corrected chi connectivity index (χ3v) is 4.47. The Balaban J connectivity index is 1.96. The fraction of sp³-hybridized carbons (Fsp3) is 0.263. The highest BCUT2D eigenvalue weighted by molar-refractivity contribution is 6.30. The van der Waals surface area contributed by atoms with Gasteiger partial charge in [-0.2, -0.15) is 0 Å². The Morgan fingerprint density at radius 3 is 2.46 bits per heavy atom. The number of amides is 1. The van der Waals surface area contributed by atoms with E-state index >= 15 is 0 Å². The molecular weight excluding hydrogens is 326 g/mol. The lowest BCUT2D eigenvalue weighted by Gasteiger charge is -2.16. The molecule has 0 bridgehead atoms. The fourth-order valence-corrected chi connectivity index (χ4v) is 3.21. The van der Waals surface area contributed by atoms with Crippen molar-refractivity contribution in [2.75, 3.05) is 18.1 Å². The molecule has 0 aliphatic carbocycles. The van der Waals surface area contributed by atoms with Crippen LogP contribution in [0.25, 0.3) is 0 Å². The van der Waals surface area contributed by atoms with Gasteiger partial charge in [0.05, 0.1) is 6.61 Å². The highest BCUT2D eigenvalue weighted by Gasteiger charge is 2.47. The number of ether oxygens (including phenoxy) is 1. The molecule has 5 heteroatoms. The van der Waals surface area contributed by atoms with Crippen molar-refractivity contribution in [3.05, 3.63) is 65.2 Å². The van der Waals surface area contributed by atoms with Gasteiger partial charge in [-0.25, -0.2) is 0 Å². The van der Waals surface area contributed by atoms with E-state index in [0.29, 0.717) is 11.6 Å². The lowest BCUT2D eigenvalue weighted by atomic mass is 9.89. The van der Waals surface area contributed by atoms with Crippen molar-refractivity contribution in [1.82, 2.24) is 0 Å². The normalized spacial score (nSPS) is 20.2. The Bertz CT molecular complexity index is 730. The average Bonchev–Trinajstić information content (AvgIpc) is 2.94. The second-order valence-corrected chi connectivity index (χ2v) is 6.11. The molecule has 0 radical (unpaired) electrons. The van der Waals surface area contributed by atoms with Crippen LogP contribution in [0.15, 0.2) is 54.6 Å². The number of benzene rings is 2. The molecule has 0 aromatic heterocycles. The maximum atomic E-state index is 12.9. The third-order valence-electron chi connectivity index (χ3n) is 4.22. The van der Waals surface area contributed by atoms with Crippen molar-refractivity contribution in [1.29, 1.82) is 0 Å². The smallest absolute Gasteiger partial charge is 0.319 e. The van der Waals surface area contributed by atoms with Gasteiger partial charge < -0.3 is 9.64 Å². The molecule has 2 aromatic rings. The van der Waals surface area contributed by atoms with E-state index in [9.17, 15) is 9.59 Å². The van der Waals surface area contributed by atoms with Crippen LogP contribution in [0, 0.1) is 5.92 Å². The Morgan fingerprint density at radius 2 is 1.83 bits per heavy atom. The molecule has 0 unspecified atom stereocenters. The zero-order valence-corrected chi connectivity index (χ0v) is 14.1. The van der Waals surface area contributed by atoms with Crippen LogP contribution >= 0.6 is 11.6 Å². The van der Waals surface area contributed by atoms with Crippen molar-refractivity contribution in [2.24, 2.45) is 5.92 Å². The van der Waals surface area contributed by atoms with Crippen LogP contribution in [0.2, 0.25) is 5.02 Å². The fourth-order valence-electron chi connectivity index (χ4n) is 3.08. The van der Waals surface area contributed by atoms with Crippen molar-refractivity contribution in [3.63, 3.8) is 0 Å². The van der Waals surface area contributed by atoms with E-state index < -0.39 is 11.9 Å². The van der Waals surface area contributed by atoms with Crippen LogP contribution in [0.5, 0.6) is 0 Å². The van der Waals surface area contributed by atoms with Crippen molar-refractivity contribution in [2.45, 2.75) is 12.8 Å². The molecule has 1 aliphatic heterocycles. The lowest BCUT2D eigenvalue weighted by molar-refractivity contribution is -0.150. The Labute approximate surface area is 146 Å². The number of halogens is 1. The first-order valence-electron chi connectivity index (χ1n) is 7.90. The highest BCUT2D eigenvalue weighted by Crippen LogP contribution is 2.37. The summed E-state index contributed by atoms with van der Waals surface area (Å²) >= 11 is 5.92. The number of carbonyl (C=O) groups is 2. The quantitative estimate of drug-likeness (QED) is 0.629. The molecule has 1 heterocycles. The first kappa shape index (κ1) is 16.5. The van der Waals surface area contributed by atoms with E-state index in [2.05, 4.69) is 0 Å². The number of anilines is 1. The Hall–Kier alpha value is -2.33. The average molecular weight is 344 g/mol. The summed E-state index contributed by atoms with van der Waals surface area (Å²) in [6.07, 6.45) is 0. The first-order chi connectivity index (χ1) is 11.6. The molecule has 1 aliphatic rings. The molecule has 0 saturated carbocycles. The van der Waals surface area contributed by atoms with Crippen LogP contribution in [-0.4, -0.2) is 25.0 Å². The van der Waals surface area contributed by atoms with Gasteiger partial charge in [0.25, 0.3) is 0 Å². The summed E-state index contributed by atoms with van der Waals surface area (Å²) < 4.78 is 5.14. The molecule has 2 aromatic carbocycles. The Kier molecular flexibility index (Phi) is 4.86. The molecule has 2 atom stereocenters. The second kappa shape index (κ2) is 7.05. The summed E-state index contributed by atoms with van der Waals surface area (Å²) in [4.78, 5) is 26.9. The van der Waals surface area contributed by atoms with Crippen molar-refractivity contribution >= 4 is 29.2 Å². The number of esters is 1. The summed E-state index contributed by atoms with van der Waals surface area (Å²) in [6.45, 7) is 2.44. The largest absolute Gasteiger partial charge is 0.465 e. The molecule has 24 heavy (non-hydrogen) atoms. The molecule has 4 nitrogen and oxygen atoms in total.